The van der Waals surface area contributed by atoms with Gasteiger partial charge in [-0.15, -0.1) is 0 Å². The van der Waals surface area contributed by atoms with Gasteiger partial charge in [0.25, 0.3) is 0 Å². The maximum atomic E-state index is 8.92. The van der Waals surface area contributed by atoms with Crippen molar-refractivity contribution in [3.8, 4) is 0 Å². The molecule has 0 aliphatic rings. The summed E-state index contributed by atoms with van der Waals surface area (Å²) in [6, 6.07) is 0. The maximum absolute atomic E-state index is 8.92. The highest BCUT2D eigenvalue weighted by Crippen LogP contribution is 2.13. The van der Waals surface area contributed by atoms with Crippen LogP contribution in [0.5, 0.6) is 0 Å². The summed E-state index contributed by atoms with van der Waals surface area (Å²) in [4.78, 5) is 0. The summed E-state index contributed by atoms with van der Waals surface area (Å²) in [6.07, 6.45) is 3.05. The van der Waals surface area contributed by atoms with Crippen LogP contribution < -0.4 is 0 Å². The van der Waals surface area contributed by atoms with Gasteiger partial charge in [0, 0.05) is 12.5 Å². The molecule has 1 nitrogen and oxygen atoms in total. The molecule has 0 bridgehead atoms. The molecule has 0 spiro atoms. The maximum Gasteiger partial charge on any atom is 0.0499 e. The predicted molar refractivity (Wildman–Crippen MR) is 49.4 cm³/mol. The average Bonchev–Trinajstić information content (AvgIpc) is 1.87. The largest absolute Gasteiger partial charge is 0.396 e. The molecule has 1 heteroatoms. The van der Waals surface area contributed by atoms with E-state index in [1.54, 1.807) is 0 Å². The van der Waals surface area contributed by atoms with Crippen molar-refractivity contribution in [2.45, 2.75) is 27.2 Å². The van der Waals surface area contributed by atoms with Gasteiger partial charge in [0.05, 0.1) is 0 Å². The Morgan fingerprint density at radius 3 is 2.27 bits per heavy atom. The van der Waals surface area contributed by atoms with Crippen molar-refractivity contribution in [1.82, 2.24) is 0 Å². The van der Waals surface area contributed by atoms with Gasteiger partial charge in [0.15, 0.2) is 0 Å². The van der Waals surface area contributed by atoms with Crippen molar-refractivity contribution in [3.05, 3.63) is 23.8 Å². The molecular formula is C10H18O. The van der Waals surface area contributed by atoms with E-state index in [9.17, 15) is 0 Å². The number of aliphatic hydroxyl groups is 1. The zero-order valence-electron chi connectivity index (χ0n) is 7.72. The molecule has 0 saturated heterocycles. The molecule has 64 valence electrons. The second-order valence-electron chi connectivity index (χ2n) is 3.24. The topological polar surface area (TPSA) is 20.2 Å². The van der Waals surface area contributed by atoms with Crippen LogP contribution in [0.1, 0.15) is 27.2 Å². The van der Waals surface area contributed by atoms with E-state index in [1.165, 1.54) is 5.57 Å². The van der Waals surface area contributed by atoms with Crippen molar-refractivity contribution in [3.63, 3.8) is 0 Å². The molecule has 1 atom stereocenters. The number of rotatable bonds is 4. The first-order valence-electron chi connectivity index (χ1n) is 3.97. The highest BCUT2D eigenvalue weighted by molar-refractivity contribution is 5.02. The molecule has 0 aliphatic carbocycles. The smallest absolute Gasteiger partial charge is 0.0499 e. The lowest BCUT2D eigenvalue weighted by atomic mass is 9.98. The standard InChI is InChI=1S/C10H18O/c1-8(2)5-6-10(7-11)9(3)4/h5,10-11H,3,6-7H2,1-2,4H3/t10-/m0/s1. The zero-order chi connectivity index (χ0) is 8.85. The summed E-state index contributed by atoms with van der Waals surface area (Å²) in [5.74, 6) is 0.241. The van der Waals surface area contributed by atoms with Gasteiger partial charge in [0.2, 0.25) is 0 Å². The lowest BCUT2D eigenvalue weighted by molar-refractivity contribution is 0.247. The molecule has 0 unspecified atom stereocenters. The van der Waals surface area contributed by atoms with Gasteiger partial charge in [-0.3, -0.25) is 0 Å². The van der Waals surface area contributed by atoms with Gasteiger partial charge in [-0.1, -0.05) is 23.8 Å². The molecule has 0 aromatic carbocycles. The van der Waals surface area contributed by atoms with Gasteiger partial charge in [-0.25, -0.2) is 0 Å². The van der Waals surface area contributed by atoms with Crippen LogP contribution in [-0.2, 0) is 0 Å². The van der Waals surface area contributed by atoms with E-state index in [0.29, 0.717) is 0 Å². The van der Waals surface area contributed by atoms with E-state index in [1.807, 2.05) is 6.92 Å². The average molecular weight is 154 g/mol. The Morgan fingerprint density at radius 2 is 2.00 bits per heavy atom. The summed E-state index contributed by atoms with van der Waals surface area (Å²) < 4.78 is 0. The van der Waals surface area contributed by atoms with Gasteiger partial charge in [0.1, 0.15) is 0 Å². The Labute approximate surface area is 69.4 Å². The van der Waals surface area contributed by atoms with Crippen LogP contribution in [0.2, 0.25) is 0 Å². The third kappa shape index (κ3) is 4.79. The molecular weight excluding hydrogens is 136 g/mol. The van der Waals surface area contributed by atoms with Crippen molar-refractivity contribution in [2.75, 3.05) is 6.61 Å². The molecule has 0 radical (unpaired) electrons. The first-order valence-corrected chi connectivity index (χ1v) is 3.97. The lowest BCUT2D eigenvalue weighted by Gasteiger charge is -2.10. The van der Waals surface area contributed by atoms with Crippen LogP contribution in [0, 0.1) is 5.92 Å². The Balaban J connectivity index is 3.89. The Bertz CT molecular complexity index is 152. The van der Waals surface area contributed by atoms with Crippen LogP contribution in [0.3, 0.4) is 0 Å². The normalized spacial score (nSPS) is 12.4. The lowest BCUT2D eigenvalue weighted by Crippen LogP contribution is -2.05. The summed E-state index contributed by atoms with van der Waals surface area (Å²) in [7, 11) is 0. The Morgan fingerprint density at radius 1 is 1.45 bits per heavy atom. The molecule has 0 rings (SSSR count). The molecule has 0 heterocycles. The Kier molecular flexibility index (Phi) is 4.88. The fourth-order valence-corrected chi connectivity index (χ4v) is 0.810. The van der Waals surface area contributed by atoms with E-state index in [4.69, 9.17) is 5.11 Å². The number of hydrogen-bond donors (Lipinski definition) is 1. The minimum atomic E-state index is 0.207. The van der Waals surface area contributed by atoms with E-state index < -0.39 is 0 Å². The van der Waals surface area contributed by atoms with Gasteiger partial charge < -0.3 is 5.11 Å². The first-order chi connectivity index (χ1) is 5.07. The predicted octanol–water partition coefficient (Wildman–Crippen LogP) is 2.53. The number of allylic oxidation sites excluding steroid dienone is 2. The van der Waals surface area contributed by atoms with Crippen LogP contribution in [0.4, 0.5) is 0 Å². The number of hydrogen-bond acceptors (Lipinski definition) is 1. The summed E-state index contributed by atoms with van der Waals surface area (Å²) in [6.45, 7) is 10.1. The Hall–Kier alpha value is -0.560. The van der Waals surface area contributed by atoms with E-state index in [2.05, 4.69) is 26.5 Å². The third-order valence-corrected chi connectivity index (χ3v) is 1.73. The first kappa shape index (κ1) is 10.4. The molecule has 0 fully saturated rings. The monoisotopic (exact) mass is 154 g/mol. The summed E-state index contributed by atoms with van der Waals surface area (Å²) in [5, 5.41) is 8.92. The van der Waals surface area contributed by atoms with Crippen LogP contribution >= 0.6 is 0 Å². The molecule has 1 N–H and O–H groups in total. The van der Waals surface area contributed by atoms with Crippen molar-refractivity contribution >= 4 is 0 Å². The minimum Gasteiger partial charge on any atom is -0.396 e. The molecule has 11 heavy (non-hydrogen) atoms. The van der Waals surface area contributed by atoms with Crippen LogP contribution in [0.25, 0.3) is 0 Å². The fraction of sp³-hybridized carbons (Fsp3) is 0.600. The molecule has 0 aromatic heterocycles. The molecule has 0 aliphatic heterocycles. The zero-order valence-corrected chi connectivity index (χ0v) is 7.72. The van der Waals surface area contributed by atoms with Crippen LogP contribution in [0.15, 0.2) is 23.8 Å². The van der Waals surface area contributed by atoms with Crippen LogP contribution in [-0.4, -0.2) is 11.7 Å². The van der Waals surface area contributed by atoms with Crippen molar-refractivity contribution < 1.29 is 5.11 Å². The fourth-order valence-electron chi connectivity index (χ4n) is 0.810. The number of aliphatic hydroxyl groups excluding tert-OH is 1. The highest BCUT2D eigenvalue weighted by Gasteiger charge is 2.04. The summed E-state index contributed by atoms with van der Waals surface area (Å²) >= 11 is 0. The van der Waals surface area contributed by atoms with Gasteiger partial charge in [-0.2, -0.15) is 0 Å². The van der Waals surface area contributed by atoms with Crippen molar-refractivity contribution in [2.24, 2.45) is 5.92 Å². The van der Waals surface area contributed by atoms with E-state index in [0.717, 1.165) is 12.0 Å². The van der Waals surface area contributed by atoms with E-state index >= 15 is 0 Å². The van der Waals surface area contributed by atoms with Crippen molar-refractivity contribution in [1.29, 1.82) is 0 Å². The van der Waals surface area contributed by atoms with E-state index in [-0.39, 0.29) is 12.5 Å². The molecule has 0 aromatic rings. The third-order valence-electron chi connectivity index (χ3n) is 1.73. The van der Waals surface area contributed by atoms with Gasteiger partial charge in [-0.05, 0) is 27.2 Å². The molecule has 0 saturated carbocycles. The molecule has 0 amide bonds. The van der Waals surface area contributed by atoms with Gasteiger partial charge >= 0.3 is 0 Å². The second kappa shape index (κ2) is 5.14. The summed E-state index contributed by atoms with van der Waals surface area (Å²) in [5.41, 5.74) is 2.36. The second-order valence-corrected chi connectivity index (χ2v) is 3.24. The highest BCUT2D eigenvalue weighted by atomic mass is 16.3. The SMILES string of the molecule is C=C(C)[C@H](CO)CC=C(C)C. The minimum absolute atomic E-state index is 0.207. The quantitative estimate of drug-likeness (QED) is 0.617.